The summed E-state index contributed by atoms with van der Waals surface area (Å²) in [5.41, 5.74) is 0. The van der Waals surface area contributed by atoms with Gasteiger partial charge in [0.05, 0.1) is 6.10 Å². The van der Waals surface area contributed by atoms with Gasteiger partial charge in [-0.25, -0.2) is 0 Å². The van der Waals surface area contributed by atoms with Crippen LogP contribution in [0, 0.1) is 0 Å². The molecule has 1 saturated heterocycles. The van der Waals surface area contributed by atoms with Crippen LogP contribution in [0.5, 0.6) is 0 Å². The quantitative estimate of drug-likeness (QED) is 0.659. The molecule has 0 saturated carbocycles. The van der Waals surface area contributed by atoms with Crippen LogP contribution in [0.25, 0.3) is 0 Å². The largest absolute Gasteiger partial charge is 0.522 e. The molecule has 0 amide bonds. The number of alkyl halides is 3. The lowest BCUT2D eigenvalue weighted by atomic mass is 10.1. The Bertz CT molecular complexity index is 142. The molecular formula is C7H12F3NO. The van der Waals surface area contributed by atoms with Crippen LogP contribution in [-0.4, -0.2) is 37.0 Å². The minimum absolute atomic E-state index is 0.410. The summed E-state index contributed by atoms with van der Waals surface area (Å²) in [6, 6.07) is 0. The van der Waals surface area contributed by atoms with Gasteiger partial charge in [-0.05, 0) is 13.0 Å². The number of halogens is 3. The van der Waals surface area contributed by atoms with Crippen LogP contribution in [-0.2, 0) is 4.74 Å². The van der Waals surface area contributed by atoms with Gasteiger partial charge in [0.25, 0.3) is 0 Å². The molecule has 0 N–H and O–H groups in total. The van der Waals surface area contributed by atoms with Crippen LogP contribution in [0.1, 0.15) is 13.3 Å². The smallest absolute Gasteiger partial charge is 0.298 e. The maximum Gasteiger partial charge on any atom is 0.522 e. The zero-order valence-corrected chi connectivity index (χ0v) is 6.90. The molecule has 5 heteroatoms. The Hall–Kier alpha value is -0.290. The number of ether oxygens (including phenoxy) is 1. The van der Waals surface area contributed by atoms with Crippen LogP contribution < -0.4 is 0 Å². The first-order valence-electron chi connectivity index (χ1n) is 3.98. The molecule has 1 fully saturated rings. The third-order valence-corrected chi connectivity index (χ3v) is 1.76. The molecule has 1 aliphatic heterocycles. The number of nitrogens with zero attached hydrogens (tertiary/aromatic N) is 1. The second-order valence-corrected chi connectivity index (χ2v) is 2.95. The van der Waals surface area contributed by atoms with Crippen LogP contribution >= 0.6 is 0 Å². The molecular weight excluding hydrogens is 171 g/mol. The lowest BCUT2D eigenvalue weighted by Gasteiger charge is -2.38. The summed E-state index contributed by atoms with van der Waals surface area (Å²) in [5.74, 6) is 0. The number of hydrogen-bond donors (Lipinski definition) is 0. The molecule has 12 heavy (non-hydrogen) atoms. The third-order valence-electron chi connectivity index (χ3n) is 1.76. The highest BCUT2D eigenvalue weighted by Crippen LogP contribution is 2.23. The number of likely N-dealkylation sites (tertiary alicyclic amines) is 1. The van der Waals surface area contributed by atoms with E-state index in [4.69, 9.17) is 0 Å². The molecule has 0 radical (unpaired) electrons. The summed E-state index contributed by atoms with van der Waals surface area (Å²) < 4.78 is 38.6. The van der Waals surface area contributed by atoms with Crippen molar-refractivity contribution in [3.8, 4) is 0 Å². The van der Waals surface area contributed by atoms with Gasteiger partial charge in [-0.1, -0.05) is 6.92 Å². The highest BCUT2D eigenvalue weighted by atomic mass is 19.4. The fraction of sp³-hybridized carbons (Fsp3) is 1.00. The highest BCUT2D eigenvalue weighted by molar-refractivity contribution is 4.80. The Balaban J connectivity index is 2.10. The molecule has 72 valence electrons. The molecule has 0 aromatic carbocycles. The molecule has 0 aromatic heterocycles. The first kappa shape index (κ1) is 9.80. The van der Waals surface area contributed by atoms with Crippen molar-refractivity contribution in [1.29, 1.82) is 0 Å². The van der Waals surface area contributed by atoms with Gasteiger partial charge in [-0.3, -0.25) is 9.64 Å². The molecule has 0 bridgehead atoms. The van der Waals surface area contributed by atoms with E-state index in [1.165, 1.54) is 0 Å². The SMILES string of the molecule is CCCN1CC(OC(F)(F)F)C1. The minimum Gasteiger partial charge on any atom is -0.298 e. The zero-order chi connectivity index (χ0) is 9.19. The monoisotopic (exact) mass is 183 g/mol. The maximum atomic E-state index is 11.6. The van der Waals surface area contributed by atoms with Crippen molar-refractivity contribution in [2.75, 3.05) is 19.6 Å². The highest BCUT2D eigenvalue weighted by Gasteiger charge is 2.38. The van der Waals surface area contributed by atoms with Crippen LogP contribution in [0.2, 0.25) is 0 Å². The molecule has 0 aromatic rings. The first-order valence-corrected chi connectivity index (χ1v) is 3.98. The van der Waals surface area contributed by atoms with Crippen molar-refractivity contribution >= 4 is 0 Å². The summed E-state index contributed by atoms with van der Waals surface area (Å²) in [5, 5.41) is 0. The van der Waals surface area contributed by atoms with E-state index in [-0.39, 0.29) is 0 Å². The Morgan fingerprint density at radius 1 is 1.42 bits per heavy atom. The Morgan fingerprint density at radius 3 is 2.42 bits per heavy atom. The molecule has 0 aliphatic carbocycles. The molecule has 1 heterocycles. The Kier molecular flexibility index (Phi) is 2.95. The van der Waals surface area contributed by atoms with Crippen molar-refractivity contribution in [3.05, 3.63) is 0 Å². The topological polar surface area (TPSA) is 12.5 Å². The normalized spacial score (nSPS) is 21.0. The van der Waals surface area contributed by atoms with Crippen molar-refractivity contribution in [2.45, 2.75) is 25.8 Å². The standard InChI is InChI=1S/C7H12F3NO/c1-2-3-11-4-6(5-11)12-7(8,9)10/h6H,2-5H2,1H3. The van der Waals surface area contributed by atoms with Crippen LogP contribution in [0.3, 0.4) is 0 Å². The molecule has 0 atom stereocenters. The van der Waals surface area contributed by atoms with Gasteiger partial charge < -0.3 is 0 Å². The van der Waals surface area contributed by atoms with Gasteiger partial charge in [0.15, 0.2) is 0 Å². The van der Waals surface area contributed by atoms with Gasteiger partial charge in [0.2, 0.25) is 0 Å². The van der Waals surface area contributed by atoms with E-state index in [1.807, 2.05) is 11.8 Å². The maximum absolute atomic E-state index is 11.6. The number of hydrogen-bond acceptors (Lipinski definition) is 2. The predicted octanol–water partition coefficient (Wildman–Crippen LogP) is 1.62. The lowest BCUT2D eigenvalue weighted by Crippen LogP contribution is -2.53. The van der Waals surface area contributed by atoms with Crippen molar-refractivity contribution < 1.29 is 17.9 Å². The minimum atomic E-state index is -4.47. The van der Waals surface area contributed by atoms with E-state index in [2.05, 4.69) is 4.74 Å². The third kappa shape index (κ3) is 2.98. The fourth-order valence-corrected chi connectivity index (χ4v) is 1.28. The molecule has 1 rings (SSSR count). The Morgan fingerprint density at radius 2 is 2.00 bits per heavy atom. The summed E-state index contributed by atoms with van der Waals surface area (Å²) in [6.07, 6.45) is -4.14. The van der Waals surface area contributed by atoms with E-state index < -0.39 is 12.5 Å². The molecule has 2 nitrogen and oxygen atoms in total. The van der Waals surface area contributed by atoms with Crippen molar-refractivity contribution in [2.24, 2.45) is 0 Å². The van der Waals surface area contributed by atoms with Gasteiger partial charge in [-0.15, -0.1) is 13.2 Å². The second kappa shape index (κ2) is 3.62. The van der Waals surface area contributed by atoms with Crippen LogP contribution in [0.4, 0.5) is 13.2 Å². The summed E-state index contributed by atoms with van der Waals surface area (Å²) >= 11 is 0. The predicted molar refractivity (Wildman–Crippen MR) is 37.7 cm³/mol. The fourth-order valence-electron chi connectivity index (χ4n) is 1.28. The molecule has 0 unspecified atom stereocenters. The van der Waals surface area contributed by atoms with Crippen LogP contribution in [0.15, 0.2) is 0 Å². The van der Waals surface area contributed by atoms with Gasteiger partial charge in [0.1, 0.15) is 0 Å². The first-order chi connectivity index (χ1) is 5.51. The van der Waals surface area contributed by atoms with E-state index in [0.717, 1.165) is 13.0 Å². The lowest BCUT2D eigenvalue weighted by molar-refractivity contribution is -0.354. The van der Waals surface area contributed by atoms with Crippen molar-refractivity contribution in [3.63, 3.8) is 0 Å². The number of rotatable bonds is 3. The second-order valence-electron chi connectivity index (χ2n) is 2.95. The van der Waals surface area contributed by atoms with Gasteiger partial charge >= 0.3 is 6.36 Å². The van der Waals surface area contributed by atoms with E-state index in [0.29, 0.717) is 13.1 Å². The van der Waals surface area contributed by atoms with E-state index in [1.54, 1.807) is 0 Å². The summed E-state index contributed by atoms with van der Waals surface area (Å²) in [4.78, 5) is 1.94. The summed E-state index contributed by atoms with van der Waals surface area (Å²) in [6.45, 7) is 3.68. The average Bonchev–Trinajstić information content (AvgIpc) is 1.80. The zero-order valence-electron chi connectivity index (χ0n) is 6.90. The van der Waals surface area contributed by atoms with Gasteiger partial charge in [-0.2, -0.15) is 0 Å². The van der Waals surface area contributed by atoms with Gasteiger partial charge in [0, 0.05) is 13.1 Å². The Labute approximate surface area is 69.3 Å². The summed E-state index contributed by atoms with van der Waals surface area (Å²) in [7, 11) is 0. The van der Waals surface area contributed by atoms with Crippen molar-refractivity contribution in [1.82, 2.24) is 4.90 Å². The average molecular weight is 183 g/mol. The van der Waals surface area contributed by atoms with E-state index >= 15 is 0 Å². The van der Waals surface area contributed by atoms with E-state index in [9.17, 15) is 13.2 Å². The molecule has 1 aliphatic rings. The molecule has 0 spiro atoms.